The molecule has 0 fully saturated rings. The Labute approximate surface area is 171 Å². The van der Waals surface area contributed by atoms with E-state index < -0.39 is 10.0 Å². The van der Waals surface area contributed by atoms with Crippen molar-refractivity contribution < 1.29 is 13.2 Å². The summed E-state index contributed by atoms with van der Waals surface area (Å²) in [4.78, 5) is 14.7. The molecule has 0 saturated heterocycles. The van der Waals surface area contributed by atoms with Crippen molar-refractivity contribution in [3.63, 3.8) is 0 Å². The van der Waals surface area contributed by atoms with Crippen molar-refractivity contribution in [2.75, 3.05) is 11.0 Å². The van der Waals surface area contributed by atoms with Gasteiger partial charge in [0.2, 0.25) is 10.0 Å². The van der Waals surface area contributed by atoms with Gasteiger partial charge in [0, 0.05) is 17.0 Å². The Balaban J connectivity index is 1.64. The first kappa shape index (κ1) is 18.9. The van der Waals surface area contributed by atoms with Gasteiger partial charge in [0.05, 0.1) is 22.9 Å². The lowest BCUT2D eigenvalue weighted by molar-refractivity contribution is 0.0719. The molecule has 0 aliphatic carbocycles. The molecule has 1 aliphatic rings. The summed E-state index contributed by atoms with van der Waals surface area (Å²) in [6, 6.07) is 14.5. The van der Waals surface area contributed by atoms with E-state index in [1.165, 1.54) is 11.3 Å². The fourth-order valence-electron chi connectivity index (χ4n) is 3.03. The second kappa shape index (κ2) is 7.50. The van der Waals surface area contributed by atoms with Crippen LogP contribution < -0.4 is 4.72 Å². The van der Waals surface area contributed by atoms with E-state index in [9.17, 15) is 13.2 Å². The van der Waals surface area contributed by atoms with Crippen molar-refractivity contribution >= 4 is 50.0 Å². The molecule has 6 nitrogen and oxygen atoms in total. The number of carbonyl (C=O) groups is 1. The molecule has 1 aliphatic heterocycles. The second-order valence-corrected chi connectivity index (χ2v) is 10.0. The van der Waals surface area contributed by atoms with Crippen LogP contribution in [0.4, 0.5) is 5.69 Å². The molecule has 0 spiro atoms. The molecule has 3 aromatic rings. The molecule has 0 bridgehead atoms. The zero-order chi connectivity index (χ0) is 19.7. The maximum absolute atomic E-state index is 13.0. The molecule has 28 heavy (non-hydrogen) atoms. The van der Waals surface area contributed by atoms with Crippen molar-refractivity contribution in [3.8, 4) is 0 Å². The molecule has 3 heterocycles. The van der Waals surface area contributed by atoms with Crippen LogP contribution in [-0.4, -0.2) is 31.3 Å². The van der Waals surface area contributed by atoms with E-state index in [-0.39, 0.29) is 11.9 Å². The third kappa shape index (κ3) is 4.01. The molecule has 9 heteroatoms. The lowest BCUT2D eigenvalue weighted by atomic mass is 10.0. The number of carbonyl (C=O) groups excluding carboxylic acids is 1. The minimum absolute atomic E-state index is 0.112. The van der Waals surface area contributed by atoms with Crippen molar-refractivity contribution in [1.29, 1.82) is 0 Å². The van der Waals surface area contributed by atoms with E-state index in [1.807, 2.05) is 41.1 Å². The van der Waals surface area contributed by atoms with E-state index in [2.05, 4.69) is 9.82 Å². The zero-order valence-corrected chi connectivity index (χ0v) is 17.4. The summed E-state index contributed by atoms with van der Waals surface area (Å²) in [6.45, 7) is 0. The number of amides is 1. The number of nitrogens with zero attached hydrogens (tertiary/aromatic N) is 2. The van der Waals surface area contributed by atoms with Crippen LogP contribution in [0.5, 0.6) is 0 Å². The summed E-state index contributed by atoms with van der Waals surface area (Å²) >= 11 is 3.00. The molecule has 0 radical (unpaired) electrons. The number of rotatable bonds is 5. The zero-order valence-electron chi connectivity index (χ0n) is 14.9. The molecule has 4 rings (SSSR count). The predicted molar refractivity (Wildman–Crippen MR) is 114 cm³/mol. The lowest BCUT2D eigenvalue weighted by Crippen LogP contribution is -2.25. The monoisotopic (exact) mass is 431 g/mol. The van der Waals surface area contributed by atoms with Crippen molar-refractivity contribution in [2.45, 2.75) is 12.5 Å². The van der Waals surface area contributed by atoms with Crippen molar-refractivity contribution in [2.24, 2.45) is 5.10 Å². The van der Waals surface area contributed by atoms with Gasteiger partial charge in [0.25, 0.3) is 5.91 Å². The summed E-state index contributed by atoms with van der Waals surface area (Å²) < 4.78 is 25.2. The number of nitrogens with one attached hydrogen (secondary N) is 1. The average molecular weight is 432 g/mol. The van der Waals surface area contributed by atoms with Gasteiger partial charge in [-0.05, 0) is 40.6 Å². The molecular formula is C19H17N3O3S3. The molecule has 1 unspecified atom stereocenters. The number of hydrogen-bond acceptors (Lipinski definition) is 6. The van der Waals surface area contributed by atoms with Crippen LogP contribution in [0.25, 0.3) is 0 Å². The van der Waals surface area contributed by atoms with Gasteiger partial charge in [-0.15, -0.1) is 22.7 Å². The summed E-state index contributed by atoms with van der Waals surface area (Å²) in [6.07, 6.45) is 1.72. The van der Waals surface area contributed by atoms with Crippen LogP contribution in [0.15, 0.2) is 64.4 Å². The number of hydrazone groups is 1. The van der Waals surface area contributed by atoms with Gasteiger partial charge < -0.3 is 0 Å². The SMILES string of the molecule is CS(=O)(=O)Nc1ccc(C2=NN(C(=O)c3cccs3)C(c3cccs3)C2)cc1. The largest absolute Gasteiger partial charge is 0.284 e. The highest BCUT2D eigenvalue weighted by molar-refractivity contribution is 7.92. The Morgan fingerprint density at radius 3 is 2.43 bits per heavy atom. The lowest BCUT2D eigenvalue weighted by Gasteiger charge is -2.19. The number of hydrogen-bond donors (Lipinski definition) is 1. The second-order valence-electron chi connectivity index (χ2n) is 6.36. The first-order valence-electron chi connectivity index (χ1n) is 8.47. The maximum atomic E-state index is 13.0. The summed E-state index contributed by atoms with van der Waals surface area (Å²) in [5.74, 6) is -0.112. The number of sulfonamides is 1. The topological polar surface area (TPSA) is 78.8 Å². The number of thiophene rings is 2. The molecular weight excluding hydrogens is 414 g/mol. The molecule has 1 aromatic carbocycles. The Kier molecular flexibility index (Phi) is 5.05. The highest BCUT2D eigenvalue weighted by Crippen LogP contribution is 2.36. The van der Waals surface area contributed by atoms with E-state index in [1.54, 1.807) is 34.5 Å². The summed E-state index contributed by atoms with van der Waals surface area (Å²) in [5, 5.41) is 10.1. The van der Waals surface area contributed by atoms with Crippen LogP contribution in [-0.2, 0) is 10.0 Å². The molecule has 2 aromatic heterocycles. The third-order valence-corrected chi connectivity index (χ3v) is 6.68. The molecule has 1 N–H and O–H groups in total. The molecule has 1 amide bonds. The highest BCUT2D eigenvalue weighted by Gasteiger charge is 2.34. The van der Waals surface area contributed by atoms with Gasteiger partial charge in [-0.1, -0.05) is 24.3 Å². The fourth-order valence-corrected chi connectivity index (χ4v) is 5.06. The van der Waals surface area contributed by atoms with E-state index in [0.29, 0.717) is 17.0 Å². The first-order chi connectivity index (χ1) is 13.4. The summed E-state index contributed by atoms with van der Waals surface area (Å²) in [7, 11) is -3.32. The Morgan fingerprint density at radius 1 is 1.11 bits per heavy atom. The predicted octanol–water partition coefficient (Wildman–Crippen LogP) is 4.17. The standard InChI is InChI=1S/C19H17N3O3S3/c1-28(24,25)21-14-8-6-13(7-9-14)15-12-16(17-4-2-10-26-17)22(20-15)19(23)18-5-3-11-27-18/h2-11,16,21H,12H2,1H3. The Morgan fingerprint density at radius 2 is 1.82 bits per heavy atom. The van der Waals surface area contributed by atoms with Gasteiger partial charge in [0.1, 0.15) is 0 Å². The fraction of sp³-hybridized carbons (Fsp3) is 0.158. The van der Waals surface area contributed by atoms with E-state index >= 15 is 0 Å². The van der Waals surface area contributed by atoms with Crippen LogP contribution in [0, 0.1) is 0 Å². The number of benzene rings is 1. The van der Waals surface area contributed by atoms with E-state index in [4.69, 9.17) is 0 Å². The quantitative estimate of drug-likeness (QED) is 0.658. The van der Waals surface area contributed by atoms with Gasteiger partial charge in [-0.2, -0.15) is 5.10 Å². The first-order valence-corrected chi connectivity index (χ1v) is 12.1. The molecule has 0 saturated carbocycles. The smallest absolute Gasteiger partial charge is 0.284 e. The average Bonchev–Trinajstić information content (AvgIpc) is 3.40. The minimum atomic E-state index is -3.32. The maximum Gasteiger partial charge on any atom is 0.284 e. The third-order valence-electron chi connectivity index (χ3n) is 4.24. The van der Waals surface area contributed by atoms with Crippen LogP contribution >= 0.6 is 22.7 Å². The normalized spacial score (nSPS) is 16.8. The highest BCUT2D eigenvalue weighted by atomic mass is 32.2. The van der Waals surface area contributed by atoms with Crippen LogP contribution in [0.2, 0.25) is 0 Å². The van der Waals surface area contributed by atoms with Crippen LogP contribution in [0.3, 0.4) is 0 Å². The van der Waals surface area contributed by atoms with Gasteiger partial charge in [-0.3, -0.25) is 9.52 Å². The molecule has 1 atom stereocenters. The Hall–Kier alpha value is -2.49. The van der Waals surface area contributed by atoms with E-state index in [0.717, 1.165) is 22.4 Å². The van der Waals surface area contributed by atoms with Crippen molar-refractivity contribution in [1.82, 2.24) is 5.01 Å². The van der Waals surface area contributed by atoms with Crippen LogP contribution in [0.1, 0.15) is 32.6 Å². The minimum Gasteiger partial charge on any atom is -0.284 e. The number of anilines is 1. The molecule has 144 valence electrons. The van der Waals surface area contributed by atoms with Crippen molar-refractivity contribution in [3.05, 3.63) is 74.6 Å². The Bertz CT molecular complexity index is 1100. The summed E-state index contributed by atoms with van der Waals surface area (Å²) in [5.41, 5.74) is 2.16. The van der Waals surface area contributed by atoms with Gasteiger partial charge in [0.15, 0.2) is 0 Å². The van der Waals surface area contributed by atoms with Gasteiger partial charge >= 0.3 is 0 Å². The van der Waals surface area contributed by atoms with Gasteiger partial charge in [-0.25, -0.2) is 13.4 Å².